The Balaban J connectivity index is 2.13. The Labute approximate surface area is 168 Å². The smallest absolute Gasteiger partial charge is 0.222 e. The Morgan fingerprint density at radius 3 is 2.19 bits per heavy atom. The van der Waals surface area contributed by atoms with Gasteiger partial charge in [0.05, 0.1) is 4.88 Å². The predicted molar refractivity (Wildman–Crippen MR) is 113 cm³/mol. The summed E-state index contributed by atoms with van der Waals surface area (Å²) in [5, 5.41) is 0.665. The second-order valence-corrected chi connectivity index (χ2v) is 8.19. The molecule has 3 rings (SSSR count). The monoisotopic (exact) mass is 419 g/mol. The number of carbonyl (C=O) groups excluding carboxylic acids is 1. The van der Waals surface area contributed by atoms with Gasteiger partial charge >= 0.3 is 0 Å². The summed E-state index contributed by atoms with van der Waals surface area (Å²) in [5.74, 6) is 0.0863. The van der Waals surface area contributed by atoms with Crippen LogP contribution >= 0.6 is 22.9 Å². The second-order valence-electron chi connectivity index (χ2n) is 5.99. The molecular weight excluding hydrogens is 402 g/mol. The molecule has 140 valence electrons. The van der Waals surface area contributed by atoms with Gasteiger partial charge in [0.25, 0.3) is 0 Å². The van der Waals surface area contributed by atoms with Gasteiger partial charge in [0.1, 0.15) is 0 Å². The Hall–Kier alpha value is -2.15. The highest BCUT2D eigenvalue weighted by Gasteiger charge is 2.21. The lowest BCUT2D eigenvalue weighted by Crippen LogP contribution is -1.97. The van der Waals surface area contributed by atoms with Crippen LogP contribution in [0.4, 0.5) is 5.69 Å². The number of Topliss-reactive ketones (excluding diaryl/α,β-unsaturated/α-hetero) is 1. The van der Waals surface area contributed by atoms with Crippen molar-refractivity contribution in [3.05, 3.63) is 64.0 Å². The van der Waals surface area contributed by atoms with E-state index in [4.69, 9.17) is 11.6 Å². The summed E-state index contributed by atoms with van der Waals surface area (Å²) in [6.45, 7) is 3.85. The van der Waals surface area contributed by atoms with E-state index in [0.29, 0.717) is 17.1 Å². The van der Waals surface area contributed by atoms with Crippen molar-refractivity contribution in [1.29, 1.82) is 0 Å². The van der Waals surface area contributed by atoms with Gasteiger partial charge in [0, 0.05) is 27.6 Å². The molecule has 1 heterocycles. The van der Waals surface area contributed by atoms with Crippen LogP contribution in [0.3, 0.4) is 0 Å². The van der Waals surface area contributed by atoms with Crippen LogP contribution in [0.5, 0.6) is 0 Å². The average molecular weight is 420 g/mol. The van der Waals surface area contributed by atoms with Gasteiger partial charge in [-0.3, -0.25) is 9.52 Å². The molecule has 0 aliphatic carbocycles. The van der Waals surface area contributed by atoms with Crippen LogP contribution in [-0.2, 0) is 10.9 Å². The molecule has 0 fully saturated rings. The number of ketones is 1. The minimum absolute atomic E-state index is 0.0863. The number of hydrogen-bond acceptors (Lipinski definition) is 4. The maximum Gasteiger partial charge on any atom is 0.222 e. The van der Waals surface area contributed by atoms with E-state index in [1.807, 2.05) is 50.2 Å². The molecule has 1 N–H and O–H groups in total. The first kappa shape index (κ1) is 19.6. The summed E-state index contributed by atoms with van der Waals surface area (Å²) in [6, 6.07) is 14.6. The summed E-state index contributed by atoms with van der Waals surface area (Å²) >= 11 is 7.48. The van der Waals surface area contributed by atoms with Crippen molar-refractivity contribution in [3.8, 4) is 21.6 Å². The Bertz CT molecular complexity index is 1040. The molecule has 3 aromatic rings. The van der Waals surface area contributed by atoms with Crippen LogP contribution in [0, 0.1) is 6.92 Å². The van der Waals surface area contributed by atoms with Crippen molar-refractivity contribution < 1.29 is 13.2 Å². The van der Waals surface area contributed by atoms with Crippen molar-refractivity contribution in [2.45, 2.75) is 20.3 Å². The molecule has 2 aromatic carbocycles. The van der Waals surface area contributed by atoms with E-state index in [-0.39, 0.29) is 5.78 Å². The molecule has 0 spiro atoms. The van der Waals surface area contributed by atoms with E-state index >= 15 is 0 Å². The number of rotatable bonds is 6. The number of hydrogen-bond donors (Lipinski definition) is 2. The molecule has 0 amide bonds. The quantitative estimate of drug-likeness (QED) is 0.405. The number of halogens is 1. The Morgan fingerprint density at radius 2 is 1.63 bits per heavy atom. The molecular formula is C20H18ClNO3S2. The first-order chi connectivity index (χ1) is 12.9. The highest BCUT2D eigenvalue weighted by Crippen LogP contribution is 2.42. The minimum atomic E-state index is -2.71. The fourth-order valence-electron chi connectivity index (χ4n) is 2.91. The fourth-order valence-corrected chi connectivity index (χ4v) is 4.74. The third-order valence-corrected chi connectivity index (χ3v) is 6.30. The van der Waals surface area contributed by atoms with Crippen molar-refractivity contribution in [3.63, 3.8) is 0 Å². The zero-order valence-corrected chi connectivity index (χ0v) is 17.3. The van der Waals surface area contributed by atoms with E-state index in [9.17, 15) is 13.2 Å². The van der Waals surface area contributed by atoms with Crippen molar-refractivity contribution in [2.75, 3.05) is 4.72 Å². The minimum Gasteiger partial charge on any atom is -0.293 e. The lowest BCUT2D eigenvalue weighted by Gasteiger charge is -2.07. The number of thiol groups is 1. The zero-order chi connectivity index (χ0) is 19.6. The molecule has 1 aromatic heterocycles. The first-order valence-corrected chi connectivity index (χ1v) is 10.7. The Morgan fingerprint density at radius 1 is 1.04 bits per heavy atom. The third kappa shape index (κ3) is 4.24. The van der Waals surface area contributed by atoms with Gasteiger partial charge in [-0.1, -0.05) is 42.8 Å². The van der Waals surface area contributed by atoms with Gasteiger partial charge in [-0.05, 0) is 47.9 Å². The van der Waals surface area contributed by atoms with Gasteiger partial charge in [-0.2, -0.15) is 0 Å². The molecule has 0 bridgehead atoms. The van der Waals surface area contributed by atoms with E-state index in [0.717, 1.165) is 32.0 Å². The lowest BCUT2D eigenvalue weighted by atomic mass is 9.97. The SMILES string of the molecule is CCC(=O)c1sc(-c2ccc(Cl)cc2)c(C)c1-c1ccc(N[SH](=O)=O)cc1. The van der Waals surface area contributed by atoms with E-state index in [1.165, 1.54) is 11.3 Å². The number of nitrogens with one attached hydrogen (secondary N) is 1. The zero-order valence-electron chi connectivity index (χ0n) is 14.8. The molecule has 0 unspecified atom stereocenters. The molecule has 0 saturated carbocycles. The molecule has 0 aliphatic rings. The highest BCUT2D eigenvalue weighted by molar-refractivity contribution is 7.73. The maximum absolute atomic E-state index is 12.6. The standard InChI is InChI=1S/C20H18ClNO3S2/c1-3-17(23)20-18(13-6-10-16(11-7-13)22-27(24)25)12(2)19(26-20)14-4-8-15(21)9-5-14/h4-11,27H,3H2,1-2H3,(H,22,24,25). The third-order valence-electron chi connectivity index (χ3n) is 4.22. The van der Waals surface area contributed by atoms with Crippen LogP contribution in [0.2, 0.25) is 5.02 Å². The van der Waals surface area contributed by atoms with Crippen LogP contribution in [0.25, 0.3) is 21.6 Å². The van der Waals surface area contributed by atoms with Crippen molar-refractivity contribution in [2.24, 2.45) is 0 Å². The van der Waals surface area contributed by atoms with Gasteiger partial charge in [0.2, 0.25) is 10.9 Å². The highest BCUT2D eigenvalue weighted by atomic mass is 35.5. The van der Waals surface area contributed by atoms with E-state index in [2.05, 4.69) is 4.72 Å². The molecule has 0 aliphatic heterocycles. The topological polar surface area (TPSA) is 63.2 Å². The normalized spacial score (nSPS) is 11.0. The van der Waals surface area contributed by atoms with Crippen molar-refractivity contribution >= 4 is 45.3 Å². The molecule has 0 atom stereocenters. The summed E-state index contributed by atoms with van der Waals surface area (Å²) < 4.78 is 24.0. The molecule has 4 nitrogen and oxygen atoms in total. The summed E-state index contributed by atoms with van der Waals surface area (Å²) in [4.78, 5) is 14.3. The summed E-state index contributed by atoms with van der Waals surface area (Å²) in [5.41, 5.74) is 4.31. The van der Waals surface area contributed by atoms with E-state index in [1.54, 1.807) is 12.1 Å². The predicted octanol–water partition coefficient (Wildman–Crippen LogP) is 5.57. The second kappa shape index (κ2) is 8.25. The summed E-state index contributed by atoms with van der Waals surface area (Å²) in [6.07, 6.45) is 0.420. The largest absolute Gasteiger partial charge is 0.293 e. The van der Waals surface area contributed by atoms with Crippen LogP contribution in [0.15, 0.2) is 48.5 Å². The van der Waals surface area contributed by atoms with Gasteiger partial charge in [-0.25, -0.2) is 8.42 Å². The van der Waals surface area contributed by atoms with Crippen LogP contribution in [-0.4, -0.2) is 14.2 Å². The van der Waals surface area contributed by atoms with Gasteiger partial charge < -0.3 is 0 Å². The number of benzene rings is 2. The number of anilines is 1. The number of carbonyl (C=O) groups is 1. The molecule has 0 saturated heterocycles. The molecule has 27 heavy (non-hydrogen) atoms. The lowest BCUT2D eigenvalue weighted by molar-refractivity contribution is 0.0992. The van der Waals surface area contributed by atoms with Gasteiger partial charge in [-0.15, -0.1) is 11.3 Å². The Kier molecular flexibility index (Phi) is 5.99. The van der Waals surface area contributed by atoms with Crippen LogP contribution < -0.4 is 4.72 Å². The maximum atomic E-state index is 12.6. The number of thiophene rings is 1. The molecule has 7 heteroatoms. The molecule has 0 radical (unpaired) electrons. The van der Waals surface area contributed by atoms with Crippen molar-refractivity contribution in [1.82, 2.24) is 0 Å². The first-order valence-electron chi connectivity index (χ1n) is 8.34. The average Bonchev–Trinajstić information content (AvgIpc) is 2.99. The van der Waals surface area contributed by atoms with Crippen LogP contribution in [0.1, 0.15) is 28.6 Å². The van der Waals surface area contributed by atoms with E-state index < -0.39 is 10.9 Å². The van der Waals surface area contributed by atoms with Gasteiger partial charge in [0.15, 0.2) is 5.78 Å². The summed E-state index contributed by atoms with van der Waals surface area (Å²) in [7, 11) is -2.71. The fraction of sp³-hybridized carbons (Fsp3) is 0.150.